The summed E-state index contributed by atoms with van der Waals surface area (Å²) in [5, 5.41) is 6.62. The van der Waals surface area contributed by atoms with E-state index in [2.05, 4.69) is 22.3 Å². The number of unbranched alkanes of at least 4 members (excludes halogenated alkanes) is 1. The van der Waals surface area contributed by atoms with E-state index in [4.69, 9.17) is 9.47 Å². The predicted molar refractivity (Wildman–Crippen MR) is 88.6 cm³/mol. The van der Waals surface area contributed by atoms with Gasteiger partial charge in [-0.05, 0) is 27.2 Å². The molecular weight excluding hydrogens is 312 g/mol. The van der Waals surface area contributed by atoms with Gasteiger partial charge in [-0.2, -0.15) is 14.6 Å². The number of aromatic nitrogens is 3. The minimum atomic E-state index is -0.662. The fraction of sp³-hybridized carbons (Fsp3) is 0.500. The second-order valence-corrected chi connectivity index (χ2v) is 6.26. The van der Waals surface area contributed by atoms with E-state index in [1.807, 2.05) is 0 Å². The van der Waals surface area contributed by atoms with Crippen LogP contribution in [0.4, 0.5) is 10.7 Å². The summed E-state index contributed by atoms with van der Waals surface area (Å²) in [6.45, 7) is 7.84. The van der Waals surface area contributed by atoms with E-state index >= 15 is 0 Å². The Bertz CT molecular complexity index is 733. The second-order valence-electron chi connectivity index (χ2n) is 6.26. The van der Waals surface area contributed by atoms with E-state index < -0.39 is 11.7 Å². The third kappa shape index (κ3) is 4.43. The highest BCUT2D eigenvalue weighted by Gasteiger charge is 2.19. The Labute approximate surface area is 140 Å². The molecule has 0 atom stereocenters. The van der Waals surface area contributed by atoms with Gasteiger partial charge in [0.2, 0.25) is 11.8 Å². The van der Waals surface area contributed by atoms with E-state index in [0.717, 1.165) is 12.8 Å². The van der Waals surface area contributed by atoms with Crippen LogP contribution in [-0.4, -0.2) is 39.2 Å². The Hall–Kier alpha value is -2.64. The van der Waals surface area contributed by atoms with Crippen molar-refractivity contribution < 1.29 is 19.1 Å². The number of amides is 1. The van der Waals surface area contributed by atoms with Crippen LogP contribution in [0, 0.1) is 0 Å². The SMILES string of the molecule is CCCCOc1cc2c(C=O)cnn2c(NC(=O)OC(C)(C)C)n1. The summed E-state index contributed by atoms with van der Waals surface area (Å²) in [6.07, 6.45) is 3.29. The van der Waals surface area contributed by atoms with E-state index in [0.29, 0.717) is 29.9 Å². The molecule has 8 nitrogen and oxygen atoms in total. The van der Waals surface area contributed by atoms with Gasteiger partial charge < -0.3 is 9.47 Å². The molecule has 2 aromatic heterocycles. The van der Waals surface area contributed by atoms with Crippen LogP contribution in [0.3, 0.4) is 0 Å². The highest BCUT2D eigenvalue weighted by Crippen LogP contribution is 2.20. The monoisotopic (exact) mass is 334 g/mol. The van der Waals surface area contributed by atoms with E-state index in [1.165, 1.54) is 10.7 Å². The largest absolute Gasteiger partial charge is 0.478 e. The first-order chi connectivity index (χ1) is 11.3. The van der Waals surface area contributed by atoms with E-state index in [9.17, 15) is 9.59 Å². The summed E-state index contributed by atoms with van der Waals surface area (Å²) in [6, 6.07) is 1.62. The topological polar surface area (TPSA) is 94.8 Å². The Kier molecular flexibility index (Phi) is 5.38. The van der Waals surface area contributed by atoms with Crippen molar-refractivity contribution in [2.45, 2.75) is 46.1 Å². The Morgan fingerprint density at radius 2 is 2.17 bits per heavy atom. The molecule has 2 rings (SSSR count). The van der Waals surface area contributed by atoms with E-state index in [1.54, 1.807) is 26.8 Å². The molecule has 8 heteroatoms. The van der Waals surface area contributed by atoms with Crippen molar-refractivity contribution in [3.05, 3.63) is 17.8 Å². The van der Waals surface area contributed by atoms with Crippen molar-refractivity contribution in [3.63, 3.8) is 0 Å². The van der Waals surface area contributed by atoms with Crippen LogP contribution >= 0.6 is 0 Å². The van der Waals surface area contributed by atoms with Crippen LogP contribution in [0.5, 0.6) is 5.88 Å². The molecule has 24 heavy (non-hydrogen) atoms. The lowest BCUT2D eigenvalue weighted by molar-refractivity contribution is 0.0634. The maximum atomic E-state index is 12.0. The van der Waals surface area contributed by atoms with Crippen molar-refractivity contribution in [2.24, 2.45) is 0 Å². The van der Waals surface area contributed by atoms with Gasteiger partial charge >= 0.3 is 6.09 Å². The highest BCUT2D eigenvalue weighted by atomic mass is 16.6. The van der Waals surface area contributed by atoms with Gasteiger partial charge in [0.05, 0.1) is 23.9 Å². The number of hydrogen-bond donors (Lipinski definition) is 1. The maximum absolute atomic E-state index is 12.0. The van der Waals surface area contributed by atoms with Crippen molar-refractivity contribution in [1.82, 2.24) is 14.6 Å². The average molecular weight is 334 g/mol. The van der Waals surface area contributed by atoms with E-state index in [-0.39, 0.29) is 5.95 Å². The third-order valence-corrected chi connectivity index (χ3v) is 3.00. The molecule has 0 saturated carbocycles. The molecule has 2 aromatic rings. The number of hydrogen-bond acceptors (Lipinski definition) is 6. The van der Waals surface area contributed by atoms with Crippen molar-refractivity contribution in [3.8, 4) is 5.88 Å². The van der Waals surface area contributed by atoms with Crippen LogP contribution in [-0.2, 0) is 4.74 Å². The van der Waals surface area contributed by atoms with Gasteiger partial charge in [0.1, 0.15) is 5.60 Å². The van der Waals surface area contributed by atoms with Gasteiger partial charge in [-0.15, -0.1) is 0 Å². The minimum absolute atomic E-state index is 0.126. The zero-order valence-electron chi connectivity index (χ0n) is 14.3. The summed E-state index contributed by atoms with van der Waals surface area (Å²) in [4.78, 5) is 27.4. The first-order valence-corrected chi connectivity index (χ1v) is 7.81. The van der Waals surface area contributed by atoms with Crippen molar-refractivity contribution in [1.29, 1.82) is 0 Å². The van der Waals surface area contributed by atoms with Gasteiger partial charge in [-0.1, -0.05) is 13.3 Å². The molecule has 130 valence electrons. The number of anilines is 1. The molecule has 1 N–H and O–H groups in total. The molecule has 0 unspecified atom stereocenters. The number of carbonyl (C=O) groups is 2. The highest BCUT2D eigenvalue weighted by molar-refractivity contribution is 5.88. The smallest absolute Gasteiger partial charge is 0.414 e. The number of aldehydes is 1. The average Bonchev–Trinajstić information content (AvgIpc) is 2.88. The van der Waals surface area contributed by atoms with Gasteiger partial charge in [-0.3, -0.25) is 10.1 Å². The Morgan fingerprint density at radius 3 is 2.79 bits per heavy atom. The number of ether oxygens (including phenoxy) is 2. The minimum Gasteiger partial charge on any atom is -0.478 e. The fourth-order valence-electron chi connectivity index (χ4n) is 1.95. The predicted octanol–water partition coefficient (Wildman–Crippen LogP) is 3.07. The zero-order chi connectivity index (χ0) is 17.7. The first kappa shape index (κ1) is 17.7. The van der Waals surface area contributed by atoms with Crippen LogP contribution in [0.15, 0.2) is 12.3 Å². The molecular formula is C16H22N4O4. The normalized spacial score (nSPS) is 11.3. The molecule has 0 aromatic carbocycles. The lowest BCUT2D eigenvalue weighted by atomic mass is 10.2. The van der Waals surface area contributed by atoms with Crippen molar-refractivity contribution in [2.75, 3.05) is 11.9 Å². The summed E-state index contributed by atoms with van der Waals surface area (Å²) in [5.74, 6) is 0.437. The van der Waals surface area contributed by atoms with Gasteiger partial charge in [0.25, 0.3) is 0 Å². The molecule has 0 spiro atoms. The number of carbonyl (C=O) groups excluding carboxylic acids is 2. The van der Waals surface area contributed by atoms with Crippen molar-refractivity contribution >= 4 is 23.8 Å². The number of nitrogens with one attached hydrogen (secondary N) is 1. The molecule has 0 bridgehead atoms. The van der Waals surface area contributed by atoms with Crippen LogP contribution in [0.2, 0.25) is 0 Å². The third-order valence-electron chi connectivity index (χ3n) is 3.00. The maximum Gasteiger partial charge on any atom is 0.414 e. The van der Waals surface area contributed by atoms with Crippen LogP contribution in [0.25, 0.3) is 5.52 Å². The lowest BCUT2D eigenvalue weighted by Gasteiger charge is -2.19. The Morgan fingerprint density at radius 1 is 1.42 bits per heavy atom. The molecule has 0 saturated heterocycles. The molecule has 0 radical (unpaired) electrons. The summed E-state index contributed by atoms with van der Waals surface area (Å²) in [7, 11) is 0. The lowest BCUT2D eigenvalue weighted by Crippen LogP contribution is -2.28. The number of fused-ring (bicyclic) bond motifs is 1. The van der Waals surface area contributed by atoms with Gasteiger partial charge in [-0.25, -0.2) is 4.79 Å². The zero-order valence-corrected chi connectivity index (χ0v) is 14.3. The molecule has 2 heterocycles. The quantitative estimate of drug-likeness (QED) is 0.644. The standard InChI is InChI=1S/C16H22N4O4/c1-5-6-7-23-13-8-12-11(10-21)9-17-20(12)14(18-13)19-15(22)24-16(2,3)4/h8-10H,5-7H2,1-4H3,(H,18,19,22). The van der Waals surface area contributed by atoms with Crippen LogP contribution in [0.1, 0.15) is 50.9 Å². The van der Waals surface area contributed by atoms with Gasteiger partial charge in [0.15, 0.2) is 6.29 Å². The number of nitrogens with zero attached hydrogens (tertiary/aromatic N) is 3. The summed E-state index contributed by atoms with van der Waals surface area (Å²) in [5.41, 5.74) is 0.235. The van der Waals surface area contributed by atoms with Crippen LogP contribution < -0.4 is 10.1 Å². The Balaban J connectivity index is 2.33. The molecule has 1 amide bonds. The molecule has 0 aliphatic heterocycles. The first-order valence-electron chi connectivity index (χ1n) is 7.81. The number of rotatable bonds is 6. The fourth-order valence-corrected chi connectivity index (χ4v) is 1.95. The molecule has 0 aliphatic carbocycles. The summed E-state index contributed by atoms with van der Waals surface area (Å²) < 4.78 is 12.2. The summed E-state index contributed by atoms with van der Waals surface area (Å²) >= 11 is 0. The van der Waals surface area contributed by atoms with Gasteiger partial charge in [0, 0.05) is 6.07 Å². The second kappa shape index (κ2) is 7.29. The molecule has 0 fully saturated rings. The molecule has 0 aliphatic rings.